The molecule has 58 valence electrons. The topological polar surface area (TPSA) is 20.2 Å². The number of hydrogen-bond donors (Lipinski definition) is 1. The Balaban J connectivity index is 2.39. The van der Waals surface area contributed by atoms with Crippen LogP contribution in [0.4, 0.5) is 0 Å². The Morgan fingerprint density at radius 3 is 3.18 bits per heavy atom. The number of rotatable bonds is 1. The summed E-state index contributed by atoms with van der Waals surface area (Å²) in [5, 5.41) is 9.30. The Hall–Kier alpha value is -0.820. The second-order valence-corrected chi connectivity index (χ2v) is 2.92. The summed E-state index contributed by atoms with van der Waals surface area (Å²) in [4.78, 5) is 0. The van der Waals surface area contributed by atoms with E-state index < -0.39 is 6.56 Å². The summed E-state index contributed by atoms with van der Waals surface area (Å²) < 4.78 is 14.6. The molecule has 0 heterocycles. The lowest BCUT2D eigenvalue weighted by Gasteiger charge is -2.05. The molecule has 2 rings (SSSR count). The van der Waals surface area contributed by atoms with Crippen LogP contribution < -0.4 is 0 Å². The number of hydrogen-bond acceptors (Lipinski definition) is 1. The molecule has 0 fully saturated rings. The van der Waals surface area contributed by atoms with Gasteiger partial charge in [0, 0.05) is 12.5 Å². The van der Waals surface area contributed by atoms with E-state index in [1.54, 1.807) is 0 Å². The van der Waals surface area contributed by atoms with Crippen molar-refractivity contribution in [3.8, 4) is 0 Å². The van der Waals surface area contributed by atoms with Crippen LogP contribution in [0.15, 0.2) is 24.3 Å². The Morgan fingerprint density at radius 1 is 1.55 bits per heavy atom. The van der Waals surface area contributed by atoms with E-state index in [9.17, 15) is 5.11 Å². The molecule has 0 aromatic heterocycles. The van der Waals surface area contributed by atoms with Crippen molar-refractivity contribution in [2.75, 3.05) is 6.56 Å². The second kappa shape index (κ2) is 2.67. The zero-order valence-electron chi connectivity index (χ0n) is 8.25. The molecule has 0 spiro atoms. The number of fused-ring (bicyclic) bond motifs is 1. The molecule has 0 saturated heterocycles. The van der Waals surface area contributed by atoms with Crippen molar-refractivity contribution in [2.24, 2.45) is 0 Å². The first-order valence-corrected chi connectivity index (χ1v) is 3.89. The van der Waals surface area contributed by atoms with Gasteiger partial charge in [0.15, 0.2) is 0 Å². The smallest absolute Gasteiger partial charge is 0.0570 e. The van der Waals surface area contributed by atoms with Gasteiger partial charge in [-0.2, -0.15) is 0 Å². The van der Waals surface area contributed by atoms with Crippen molar-refractivity contribution in [1.29, 1.82) is 0 Å². The molecule has 1 heteroatoms. The first kappa shape index (κ1) is 4.94. The summed E-state index contributed by atoms with van der Waals surface area (Å²) in [6, 6.07) is 7.75. The summed E-state index contributed by atoms with van der Waals surface area (Å²) in [6.07, 6.45) is 1.59. The quantitative estimate of drug-likeness (QED) is 0.646. The molecule has 0 saturated carbocycles. The molecule has 1 atom stereocenters. The van der Waals surface area contributed by atoms with Crippen LogP contribution in [-0.4, -0.2) is 11.7 Å². The largest absolute Gasteiger partial charge is 0.396 e. The highest BCUT2D eigenvalue weighted by Gasteiger charge is 2.20. The normalized spacial score (nSPS) is 25.7. The van der Waals surface area contributed by atoms with Crippen molar-refractivity contribution in [3.05, 3.63) is 35.4 Å². The average molecular weight is 150 g/mol. The van der Waals surface area contributed by atoms with Gasteiger partial charge in [-0.05, 0) is 24.0 Å². The van der Waals surface area contributed by atoms with E-state index in [4.69, 9.17) is 2.74 Å². The van der Waals surface area contributed by atoms with Gasteiger partial charge in [-0.3, -0.25) is 0 Å². The lowest BCUT2D eigenvalue weighted by Crippen LogP contribution is -1.97. The zero-order valence-corrected chi connectivity index (χ0v) is 6.25. The molecule has 0 amide bonds. The van der Waals surface area contributed by atoms with Crippen LogP contribution in [0.3, 0.4) is 0 Å². The first-order chi connectivity index (χ1) is 6.09. The third-order valence-corrected chi connectivity index (χ3v) is 2.29. The summed E-state index contributed by atoms with van der Waals surface area (Å²) in [5.41, 5.74) is 2.14. The van der Waals surface area contributed by atoms with Crippen molar-refractivity contribution >= 4 is 0 Å². The van der Waals surface area contributed by atoms with Crippen LogP contribution in [0.25, 0.3) is 0 Å². The van der Waals surface area contributed by atoms with E-state index in [0.29, 0.717) is 6.42 Å². The predicted molar refractivity (Wildman–Crippen MR) is 44.6 cm³/mol. The van der Waals surface area contributed by atoms with Gasteiger partial charge in [0.25, 0.3) is 0 Å². The Morgan fingerprint density at radius 2 is 2.36 bits per heavy atom. The molecule has 0 aliphatic heterocycles. The number of aliphatic hydroxyl groups is 1. The van der Waals surface area contributed by atoms with Crippen LogP contribution in [0.2, 0.25) is 0 Å². The Kier molecular flexibility index (Phi) is 1.20. The highest BCUT2D eigenvalue weighted by atomic mass is 16.3. The van der Waals surface area contributed by atoms with Gasteiger partial charge in [0.05, 0.1) is 2.74 Å². The third kappa shape index (κ3) is 1.05. The SMILES string of the molecule is [2H]C([2H])(O)C1CCc2ccccc21. The standard InChI is InChI=1S/C10H12O/c11-7-9-6-5-8-3-1-2-4-10(8)9/h1-4,9,11H,5-7H2/i7D2. The molecule has 1 aromatic rings. The minimum Gasteiger partial charge on any atom is -0.396 e. The molecule has 0 bridgehead atoms. The number of benzene rings is 1. The van der Waals surface area contributed by atoms with Gasteiger partial charge in [-0.1, -0.05) is 24.3 Å². The first-order valence-electron chi connectivity index (χ1n) is 4.89. The van der Waals surface area contributed by atoms with Gasteiger partial charge < -0.3 is 5.11 Å². The van der Waals surface area contributed by atoms with Crippen LogP contribution >= 0.6 is 0 Å². The molecule has 1 aliphatic rings. The maximum Gasteiger partial charge on any atom is 0.0570 e. The molecule has 11 heavy (non-hydrogen) atoms. The predicted octanol–water partition coefficient (Wildman–Crippen LogP) is 1.71. The van der Waals surface area contributed by atoms with Crippen LogP contribution in [-0.2, 0) is 6.42 Å². The van der Waals surface area contributed by atoms with E-state index in [2.05, 4.69) is 0 Å². The molecule has 1 unspecified atom stereocenters. The van der Waals surface area contributed by atoms with Crippen LogP contribution in [0.5, 0.6) is 0 Å². The summed E-state index contributed by atoms with van der Waals surface area (Å²) in [5.74, 6) is -0.344. The van der Waals surface area contributed by atoms with Crippen LogP contribution in [0.1, 0.15) is 26.2 Å². The molecule has 1 N–H and O–H groups in total. The monoisotopic (exact) mass is 150 g/mol. The van der Waals surface area contributed by atoms with E-state index in [1.807, 2.05) is 24.3 Å². The van der Waals surface area contributed by atoms with Crippen LogP contribution in [0, 0.1) is 0 Å². The van der Waals surface area contributed by atoms with Gasteiger partial charge in [-0.25, -0.2) is 0 Å². The van der Waals surface area contributed by atoms with Gasteiger partial charge in [0.1, 0.15) is 0 Å². The third-order valence-electron chi connectivity index (χ3n) is 2.29. The van der Waals surface area contributed by atoms with E-state index in [0.717, 1.165) is 12.0 Å². The Labute approximate surface area is 69.5 Å². The van der Waals surface area contributed by atoms with Gasteiger partial charge in [0.2, 0.25) is 0 Å². The second-order valence-electron chi connectivity index (χ2n) is 2.92. The molecular formula is C10H12O. The van der Waals surface area contributed by atoms with Crippen molar-refractivity contribution < 1.29 is 7.85 Å². The highest BCUT2D eigenvalue weighted by molar-refractivity contribution is 5.34. The molecule has 0 radical (unpaired) electrons. The van der Waals surface area contributed by atoms with Crippen molar-refractivity contribution in [1.82, 2.24) is 0 Å². The average Bonchev–Trinajstić information content (AvgIpc) is 2.45. The minimum atomic E-state index is -2.08. The van der Waals surface area contributed by atoms with Crippen molar-refractivity contribution in [3.63, 3.8) is 0 Å². The maximum absolute atomic E-state index is 9.30. The molecule has 1 aromatic carbocycles. The van der Waals surface area contributed by atoms with E-state index >= 15 is 0 Å². The van der Waals surface area contributed by atoms with E-state index in [-0.39, 0.29) is 5.92 Å². The lowest BCUT2D eigenvalue weighted by atomic mass is 10.0. The molecule has 1 aliphatic carbocycles. The van der Waals surface area contributed by atoms with E-state index in [1.165, 1.54) is 5.56 Å². The summed E-state index contributed by atoms with van der Waals surface area (Å²) in [6.45, 7) is -2.08. The summed E-state index contributed by atoms with van der Waals surface area (Å²) >= 11 is 0. The fraction of sp³-hybridized carbons (Fsp3) is 0.400. The Bertz CT molecular complexity index is 317. The molecule has 1 nitrogen and oxygen atoms in total. The lowest BCUT2D eigenvalue weighted by molar-refractivity contribution is 0.265. The minimum absolute atomic E-state index is 0.344. The zero-order chi connectivity index (χ0) is 9.47. The maximum atomic E-state index is 9.30. The van der Waals surface area contributed by atoms with Crippen molar-refractivity contribution in [2.45, 2.75) is 18.8 Å². The van der Waals surface area contributed by atoms with Gasteiger partial charge in [-0.15, -0.1) is 0 Å². The number of aryl methyl sites for hydroxylation is 1. The fourth-order valence-corrected chi connectivity index (χ4v) is 1.69. The summed E-state index contributed by atoms with van der Waals surface area (Å²) in [7, 11) is 0. The molecular weight excluding hydrogens is 136 g/mol. The van der Waals surface area contributed by atoms with Gasteiger partial charge >= 0.3 is 0 Å². The fourth-order valence-electron chi connectivity index (χ4n) is 1.69. The highest BCUT2D eigenvalue weighted by Crippen LogP contribution is 2.31.